The van der Waals surface area contributed by atoms with Gasteiger partial charge in [-0.05, 0) is 66.1 Å². The van der Waals surface area contributed by atoms with Crippen LogP contribution in [0.4, 0.5) is 11.4 Å². The summed E-state index contributed by atoms with van der Waals surface area (Å²) in [5.74, 6) is -1.64. The maximum Gasteiger partial charge on any atom is 0.284 e. The summed E-state index contributed by atoms with van der Waals surface area (Å²) in [6.45, 7) is 0. The van der Waals surface area contributed by atoms with Gasteiger partial charge < -0.3 is 0 Å². The second kappa shape index (κ2) is 7.81. The average Bonchev–Trinajstić information content (AvgIpc) is 3.30. The lowest BCUT2D eigenvalue weighted by atomic mass is 10.0. The van der Waals surface area contributed by atoms with Gasteiger partial charge in [0.1, 0.15) is 11.4 Å². The number of hydrogen-bond acceptors (Lipinski definition) is 6. The van der Waals surface area contributed by atoms with Crippen molar-refractivity contribution in [3.8, 4) is 0 Å². The van der Waals surface area contributed by atoms with Gasteiger partial charge >= 0.3 is 0 Å². The molecule has 4 heterocycles. The number of carbonyl (C=O) groups excluding carboxylic acids is 4. The first kappa shape index (κ1) is 20.6. The van der Waals surface area contributed by atoms with E-state index in [2.05, 4.69) is 9.97 Å². The van der Waals surface area contributed by atoms with Crippen LogP contribution in [0.5, 0.6) is 0 Å². The van der Waals surface area contributed by atoms with E-state index < -0.39 is 11.8 Å². The molecule has 0 spiro atoms. The summed E-state index contributed by atoms with van der Waals surface area (Å²) < 4.78 is 0. The smallest absolute Gasteiger partial charge is 0.268 e. The molecule has 0 N–H and O–H groups in total. The molecule has 0 bridgehead atoms. The molecule has 0 atom stereocenters. The summed E-state index contributed by atoms with van der Waals surface area (Å²) in [6.07, 6.45) is 3.58. The number of aromatic nitrogens is 2. The summed E-state index contributed by atoms with van der Waals surface area (Å²) in [5, 5.41) is 0. The van der Waals surface area contributed by atoms with Crippen LogP contribution in [0.3, 0.4) is 0 Å². The minimum atomic E-state index is -0.433. The van der Waals surface area contributed by atoms with Gasteiger partial charge in [0, 0.05) is 12.4 Å². The van der Waals surface area contributed by atoms with E-state index >= 15 is 0 Å². The van der Waals surface area contributed by atoms with Gasteiger partial charge in [-0.15, -0.1) is 0 Å². The maximum atomic E-state index is 12.7. The van der Waals surface area contributed by atoms with Crippen LogP contribution in [-0.4, -0.2) is 33.6 Å². The Bertz CT molecular complexity index is 1360. The molecule has 2 aliphatic rings. The second-order valence-electron chi connectivity index (χ2n) is 8.20. The number of benzene rings is 2. The van der Waals surface area contributed by atoms with E-state index in [1.807, 2.05) is 24.3 Å². The molecule has 0 radical (unpaired) electrons. The summed E-state index contributed by atoms with van der Waals surface area (Å²) >= 11 is 0. The molecule has 168 valence electrons. The molecule has 2 aromatic carbocycles. The Labute approximate surface area is 199 Å². The van der Waals surface area contributed by atoms with Gasteiger partial charge in [-0.25, -0.2) is 9.80 Å². The molecular weight excluding hydrogens is 444 g/mol. The Morgan fingerprint density at radius 1 is 0.514 bits per heavy atom. The SMILES string of the molecule is O=C1c2cccnc2C(=O)N1c1ccc(Cc2ccc(N3C(=O)c4cccnc4C3=O)cc2)cc1. The van der Waals surface area contributed by atoms with Crippen molar-refractivity contribution in [3.63, 3.8) is 0 Å². The van der Waals surface area contributed by atoms with E-state index in [9.17, 15) is 19.2 Å². The van der Waals surface area contributed by atoms with E-state index in [1.54, 1.807) is 48.5 Å². The lowest BCUT2D eigenvalue weighted by Crippen LogP contribution is -2.29. The van der Waals surface area contributed by atoms with Crippen LogP contribution in [0.25, 0.3) is 0 Å². The highest BCUT2D eigenvalue weighted by Gasteiger charge is 2.38. The number of pyridine rings is 2. The van der Waals surface area contributed by atoms with Gasteiger partial charge in [-0.1, -0.05) is 24.3 Å². The first-order valence-electron chi connectivity index (χ1n) is 10.9. The Kier molecular flexibility index (Phi) is 4.60. The van der Waals surface area contributed by atoms with Gasteiger partial charge in [-0.3, -0.25) is 29.1 Å². The molecule has 0 saturated heterocycles. The number of amides is 4. The van der Waals surface area contributed by atoms with Crippen molar-refractivity contribution in [2.24, 2.45) is 0 Å². The fraction of sp³-hybridized carbons (Fsp3) is 0.0370. The van der Waals surface area contributed by atoms with Crippen LogP contribution in [0.2, 0.25) is 0 Å². The molecule has 0 aliphatic carbocycles. The van der Waals surface area contributed by atoms with Gasteiger partial charge in [0.25, 0.3) is 23.6 Å². The van der Waals surface area contributed by atoms with Crippen LogP contribution in [0.1, 0.15) is 52.8 Å². The zero-order valence-corrected chi connectivity index (χ0v) is 18.2. The predicted molar refractivity (Wildman–Crippen MR) is 126 cm³/mol. The standard InChI is InChI=1S/C27H16N4O4/c32-24-20-3-1-13-28-22(20)26(34)30(24)18-9-5-16(6-10-18)15-17-7-11-19(12-8-17)31-25(33)21-4-2-14-29-23(21)27(31)35/h1-14H,15H2. The molecule has 2 aromatic heterocycles. The largest absolute Gasteiger partial charge is 0.284 e. The molecule has 35 heavy (non-hydrogen) atoms. The van der Waals surface area contributed by atoms with Crippen LogP contribution in [-0.2, 0) is 6.42 Å². The maximum absolute atomic E-state index is 12.7. The third-order valence-electron chi connectivity index (χ3n) is 6.09. The number of hydrogen-bond donors (Lipinski definition) is 0. The highest BCUT2D eigenvalue weighted by molar-refractivity contribution is 6.34. The summed E-state index contributed by atoms with van der Waals surface area (Å²) in [4.78, 5) is 60.9. The van der Waals surface area contributed by atoms with Crippen molar-refractivity contribution in [2.45, 2.75) is 6.42 Å². The quantitative estimate of drug-likeness (QED) is 0.431. The zero-order valence-electron chi connectivity index (χ0n) is 18.2. The molecule has 8 nitrogen and oxygen atoms in total. The van der Waals surface area contributed by atoms with Gasteiger partial charge in [-0.2, -0.15) is 0 Å². The van der Waals surface area contributed by atoms with E-state index in [4.69, 9.17) is 0 Å². The first-order valence-corrected chi connectivity index (χ1v) is 10.9. The lowest BCUT2D eigenvalue weighted by Gasteiger charge is -2.15. The molecule has 4 aromatic rings. The number of carbonyl (C=O) groups is 4. The van der Waals surface area contributed by atoms with Crippen molar-refractivity contribution in [1.82, 2.24) is 9.97 Å². The summed E-state index contributed by atoms with van der Waals surface area (Å²) in [7, 11) is 0. The molecule has 2 aliphatic heterocycles. The number of anilines is 2. The minimum absolute atomic E-state index is 0.163. The first-order chi connectivity index (χ1) is 17.0. The van der Waals surface area contributed by atoms with Crippen molar-refractivity contribution >= 4 is 35.0 Å². The van der Waals surface area contributed by atoms with Crippen molar-refractivity contribution < 1.29 is 19.2 Å². The van der Waals surface area contributed by atoms with Crippen LogP contribution in [0.15, 0.2) is 85.2 Å². The molecule has 4 amide bonds. The van der Waals surface area contributed by atoms with Crippen LogP contribution >= 0.6 is 0 Å². The highest BCUT2D eigenvalue weighted by atomic mass is 16.2. The Balaban J connectivity index is 1.18. The predicted octanol–water partition coefficient (Wildman–Crippen LogP) is 3.67. The third kappa shape index (κ3) is 3.23. The number of rotatable bonds is 4. The molecular formula is C27H16N4O4. The molecule has 0 fully saturated rings. The minimum Gasteiger partial charge on any atom is -0.268 e. The number of imide groups is 2. The van der Waals surface area contributed by atoms with Crippen molar-refractivity contribution in [2.75, 3.05) is 9.80 Å². The molecule has 0 saturated carbocycles. The summed E-state index contributed by atoms with van der Waals surface area (Å²) in [6, 6.07) is 20.8. The normalized spacial score (nSPS) is 14.5. The fourth-order valence-electron chi connectivity index (χ4n) is 4.36. The monoisotopic (exact) mass is 460 g/mol. The van der Waals surface area contributed by atoms with Crippen molar-refractivity contribution in [3.05, 3.63) is 119 Å². The van der Waals surface area contributed by atoms with E-state index in [-0.39, 0.29) is 23.2 Å². The van der Waals surface area contributed by atoms with E-state index in [0.29, 0.717) is 28.9 Å². The topological polar surface area (TPSA) is 101 Å². The van der Waals surface area contributed by atoms with E-state index in [1.165, 1.54) is 12.4 Å². The highest BCUT2D eigenvalue weighted by Crippen LogP contribution is 2.29. The van der Waals surface area contributed by atoms with E-state index in [0.717, 1.165) is 20.9 Å². The summed E-state index contributed by atoms with van der Waals surface area (Å²) in [5.41, 5.74) is 3.84. The van der Waals surface area contributed by atoms with Gasteiger partial charge in [0.2, 0.25) is 0 Å². The molecule has 0 unspecified atom stereocenters. The molecule has 8 heteroatoms. The van der Waals surface area contributed by atoms with Gasteiger partial charge in [0.05, 0.1) is 22.5 Å². The third-order valence-corrected chi connectivity index (χ3v) is 6.09. The zero-order chi connectivity index (χ0) is 24.1. The lowest BCUT2D eigenvalue weighted by molar-refractivity contribution is 0.0909. The fourth-order valence-corrected chi connectivity index (χ4v) is 4.36. The second-order valence-corrected chi connectivity index (χ2v) is 8.20. The number of fused-ring (bicyclic) bond motifs is 2. The Hall–Kier alpha value is -4.98. The Morgan fingerprint density at radius 2 is 0.914 bits per heavy atom. The average molecular weight is 460 g/mol. The van der Waals surface area contributed by atoms with Crippen molar-refractivity contribution in [1.29, 1.82) is 0 Å². The van der Waals surface area contributed by atoms with Gasteiger partial charge in [0.15, 0.2) is 0 Å². The molecule has 6 rings (SSSR count). The Morgan fingerprint density at radius 3 is 1.29 bits per heavy atom. The van der Waals surface area contributed by atoms with Crippen LogP contribution < -0.4 is 9.80 Å². The van der Waals surface area contributed by atoms with Crippen LogP contribution in [0, 0.1) is 0 Å². The number of nitrogens with zero attached hydrogens (tertiary/aromatic N) is 4.